The van der Waals surface area contributed by atoms with E-state index in [9.17, 15) is 0 Å². The van der Waals surface area contributed by atoms with Crippen LogP contribution in [-0.4, -0.2) is 40.1 Å². The summed E-state index contributed by atoms with van der Waals surface area (Å²) in [5.41, 5.74) is 6.82. The first-order valence-electron chi connectivity index (χ1n) is 6.13. The van der Waals surface area contributed by atoms with Crippen molar-refractivity contribution in [1.29, 1.82) is 0 Å². The van der Waals surface area contributed by atoms with Crippen LogP contribution in [0, 0.1) is 6.92 Å². The SMILES string of the molecule is Cc1cc(-c2nc(C3CSCCN3C)no2)c(N)s1. The molecule has 2 aromatic rings. The molecule has 1 saturated heterocycles. The molecular formula is C12H16N4OS2. The molecule has 1 aliphatic rings. The molecule has 19 heavy (non-hydrogen) atoms. The molecule has 3 heterocycles. The number of hydrogen-bond donors (Lipinski definition) is 1. The summed E-state index contributed by atoms with van der Waals surface area (Å²) in [6.45, 7) is 3.08. The van der Waals surface area contributed by atoms with E-state index in [0.717, 1.165) is 39.3 Å². The first-order chi connectivity index (χ1) is 9.15. The van der Waals surface area contributed by atoms with Gasteiger partial charge in [-0.25, -0.2) is 0 Å². The smallest absolute Gasteiger partial charge is 0.260 e. The molecule has 3 rings (SSSR count). The van der Waals surface area contributed by atoms with Crippen molar-refractivity contribution < 1.29 is 4.52 Å². The first-order valence-corrected chi connectivity index (χ1v) is 8.10. The zero-order valence-electron chi connectivity index (χ0n) is 10.9. The average Bonchev–Trinajstić information content (AvgIpc) is 2.96. The lowest BCUT2D eigenvalue weighted by Crippen LogP contribution is -2.33. The number of nitrogens with zero attached hydrogens (tertiary/aromatic N) is 3. The maximum absolute atomic E-state index is 5.96. The van der Waals surface area contributed by atoms with Crippen molar-refractivity contribution >= 4 is 28.1 Å². The molecule has 0 bridgehead atoms. The second-order valence-corrected chi connectivity index (χ2v) is 7.10. The van der Waals surface area contributed by atoms with Gasteiger partial charge in [-0.1, -0.05) is 5.16 Å². The Morgan fingerprint density at radius 1 is 1.53 bits per heavy atom. The Hall–Kier alpha value is -1.05. The van der Waals surface area contributed by atoms with Gasteiger partial charge in [0.25, 0.3) is 5.89 Å². The van der Waals surface area contributed by atoms with Crippen LogP contribution in [0.15, 0.2) is 10.6 Å². The minimum absolute atomic E-state index is 0.234. The normalized spacial score (nSPS) is 20.8. The van der Waals surface area contributed by atoms with Crippen molar-refractivity contribution in [3.8, 4) is 11.5 Å². The molecule has 0 spiro atoms. The van der Waals surface area contributed by atoms with Gasteiger partial charge in [-0.3, -0.25) is 4.90 Å². The molecule has 7 heteroatoms. The van der Waals surface area contributed by atoms with Gasteiger partial charge in [0.05, 0.1) is 16.6 Å². The van der Waals surface area contributed by atoms with E-state index in [1.54, 1.807) is 11.3 Å². The Morgan fingerprint density at radius 2 is 2.37 bits per heavy atom. The molecular weight excluding hydrogens is 280 g/mol. The van der Waals surface area contributed by atoms with E-state index in [0.29, 0.717) is 5.89 Å². The van der Waals surface area contributed by atoms with Crippen LogP contribution in [0.2, 0.25) is 0 Å². The number of aromatic nitrogens is 2. The number of rotatable bonds is 2. The topological polar surface area (TPSA) is 68.2 Å². The van der Waals surface area contributed by atoms with Gasteiger partial charge in [-0.15, -0.1) is 11.3 Å². The molecule has 1 fully saturated rings. The fourth-order valence-corrected chi connectivity index (χ4v) is 4.13. The number of hydrogen-bond acceptors (Lipinski definition) is 7. The van der Waals surface area contributed by atoms with Crippen LogP contribution in [0.4, 0.5) is 5.00 Å². The largest absolute Gasteiger partial charge is 0.390 e. The van der Waals surface area contributed by atoms with Gasteiger partial charge < -0.3 is 10.3 Å². The molecule has 0 saturated carbocycles. The fourth-order valence-electron chi connectivity index (χ4n) is 2.14. The van der Waals surface area contributed by atoms with Gasteiger partial charge in [0.15, 0.2) is 5.82 Å². The van der Waals surface area contributed by atoms with Gasteiger partial charge in [-0.2, -0.15) is 16.7 Å². The summed E-state index contributed by atoms with van der Waals surface area (Å²) in [7, 11) is 2.10. The van der Waals surface area contributed by atoms with E-state index in [-0.39, 0.29) is 6.04 Å². The second-order valence-electron chi connectivity index (χ2n) is 4.66. The number of thiophene rings is 1. The summed E-state index contributed by atoms with van der Waals surface area (Å²) < 4.78 is 5.38. The van der Waals surface area contributed by atoms with E-state index in [1.165, 1.54) is 0 Å². The van der Waals surface area contributed by atoms with Gasteiger partial charge in [0.2, 0.25) is 0 Å². The van der Waals surface area contributed by atoms with Gasteiger partial charge >= 0.3 is 0 Å². The molecule has 0 radical (unpaired) electrons. The Kier molecular flexibility index (Phi) is 3.51. The zero-order valence-corrected chi connectivity index (χ0v) is 12.6. The molecule has 5 nitrogen and oxygen atoms in total. The molecule has 1 aliphatic heterocycles. The van der Waals surface area contributed by atoms with E-state index < -0.39 is 0 Å². The molecule has 1 unspecified atom stereocenters. The van der Waals surface area contributed by atoms with E-state index in [1.807, 2.05) is 24.8 Å². The number of aryl methyl sites for hydroxylation is 1. The molecule has 0 amide bonds. The maximum atomic E-state index is 5.96. The van der Waals surface area contributed by atoms with Gasteiger partial charge in [-0.05, 0) is 20.0 Å². The quantitative estimate of drug-likeness (QED) is 0.918. The third-order valence-corrected chi connectivity index (χ3v) is 5.15. The second kappa shape index (κ2) is 5.15. The average molecular weight is 296 g/mol. The Morgan fingerprint density at radius 3 is 3.05 bits per heavy atom. The highest BCUT2D eigenvalue weighted by molar-refractivity contribution is 7.99. The van der Waals surface area contributed by atoms with Crippen molar-refractivity contribution in [3.05, 3.63) is 16.8 Å². The van der Waals surface area contributed by atoms with E-state index in [2.05, 4.69) is 22.1 Å². The standard InChI is InChI=1S/C12H16N4OS2/c1-7-5-8(10(13)19-7)12-14-11(15-17-12)9-6-18-4-3-16(9)2/h5,9H,3-4,6,13H2,1-2H3. The van der Waals surface area contributed by atoms with Crippen LogP contribution < -0.4 is 5.73 Å². The predicted molar refractivity (Wildman–Crippen MR) is 79.5 cm³/mol. The predicted octanol–water partition coefficient (Wildman–Crippen LogP) is 2.41. The summed E-state index contributed by atoms with van der Waals surface area (Å²) >= 11 is 3.47. The molecule has 102 valence electrons. The van der Waals surface area contributed by atoms with Crippen LogP contribution >= 0.6 is 23.1 Å². The highest BCUT2D eigenvalue weighted by Gasteiger charge is 2.26. The molecule has 2 N–H and O–H groups in total. The molecule has 0 aliphatic carbocycles. The molecule has 1 atom stereocenters. The summed E-state index contributed by atoms with van der Waals surface area (Å²) in [5.74, 6) is 3.45. The van der Waals surface area contributed by atoms with Crippen LogP contribution in [0.25, 0.3) is 11.5 Å². The van der Waals surface area contributed by atoms with Crippen LogP contribution in [-0.2, 0) is 0 Å². The Bertz CT molecular complexity index is 580. The van der Waals surface area contributed by atoms with Crippen molar-refractivity contribution in [1.82, 2.24) is 15.0 Å². The third kappa shape index (κ3) is 2.50. The molecule has 2 aromatic heterocycles. The first kappa shape index (κ1) is 13.0. The number of nitrogens with two attached hydrogens (primary N) is 1. The van der Waals surface area contributed by atoms with Crippen molar-refractivity contribution in [3.63, 3.8) is 0 Å². The highest BCUT2D eigenvalue weighted by atomic mass is 32.2. The summed E-state index contributed by atoms with van der Waals surface area (Å²) in [6.07, 6.45) is 0. The van der Waals surface area contributed by atoms with Gasteiger partial charge in [0, 0.05) is 22.9 Å². The highest BCUT2D eigenvalue weighted by Crippen LogP contribution is 2.34. The fraction of sp³-hybridized carbons (Fsp3) is 0.500. The van der Waals surface area contributed by atoms with Crippen molar-refractivity contribution in [2.75, 3.05) is 30.8 Å². The lowest BCUT2D eigenvalue weighted by atomic mass is 10.2. The van der Waals surface area contributed by atoms with Crippen LogP contribution in [0.1, 0.15) is 16.7 Å². The van der Waals surface area contributed by atoms with Crippen LogP contribution in [0.3, 0.4) is 0 Å². The Balaban J connectivity index is 1.88. The number of anilines is 1. The summed E-state index contributed by atoms with van der Waals surface area (Å²) in [6, 6.07) is 2.23. The van der Waals surface area contributed by atoms with Gasteiger partial charge in [0.1, 0.15) is 0 Å². The maximum Gasteiger partial charge on any atom is 0.260 e. The minimum atomic E-state index is 0.234. The third-order valence-electron chi connectivity index (χ3n) is 3.25. The van der Waals surface area contributed by atoms with Crippen molar-refractivity contribution in [2.45, 2.75) is 13.0 Å². The monoisotopic (exact) mass is 296 g/mol. The minimum Gasteiger partial charge on any atom is -0.390 e. The summed E-state index contributed by atoms with van der Waals surface area (Å²) in [5, 5.41) is 4.86. The van der Waals surface area contributed by atoms with Crippen LogP contribution in [0.5, 0.6) is 0 Å². The molecule has 0 aromatic carbocycles. The zero-order chi connectivity index (χ0) is 13.4. The lowest BCUT2D eigenvalue weighted by Gasteiger charge is -2.29. The Labute approximate surface area is 120 Å². The van der Waals surface area contributed by atoms with Crippen molar-refractivity contribution in [2.24, 2.45) is 0 Å². The number of thioether (sulfide) groups is 1. The summed E-state index contributed by atoms with van der Waals surface area (Å²) in [4.78, 5) is 7.94. The van der Waals surface area contributed by atoms with E-state index >= 15 is 0 Å². The lowest BCUT2D eigenvalue weighted by molar-refractivity contribution is 0.257. The van der Waals surface area contributed by atoms with E-state index in [4.69, 9.17) is 10.3 Å². The number of nitrogen functional groups attached to an aromatic ring is 1.